The Morgan fingerprint density at radius 1 is 0.960 bits per heavy atom. The third-order valence-electron chi connectivity index (χ3n) is 5.36. The average molecular weight is 351 g/mol. The molecule has 1 nitrogen and oxygen atoms in total. The Morgan fingerprint density at radius 3 is 1.84 bits per heavy atom. The zero-order valence-electron chi connectivity index (χ0n) is 15.8. The first-order valence-electron chi connectivity index (χ1n) is 9.38. The summed E-state index contributed by atoms with van der Waals surface area (Å²) in [6.07, 6.45) is 3.56. The normalized spacial score (nSPS) is 17.6. The smallest absolute Gasteiger partial charge is 0.261 e. The summed E-state index contributed by atoms with van der Waals surface area (Å²) in [5.41, 5.74) is 1.42. The van der Waals surface area contributed by atoms with Gasteiger partial charge >= 0.3 is 0 Å². The van der Waals surface area contributed by atoms with Crippen LogP contribution in [0.3, 0.4) is 0 Å². The van der Waals surface area contributed by atoms with E-state index in [4.69, 9.17) is 4.43 Å². The van der Waals surface area contributed by atoms with Crippen LogP contribution in [-0.2, 0) is 4.43 Å². The van der Waals surface area contributed by atoms with Crippen LogP contribution in [0.15, 0.2) is 72.8 Å². The Morgan fingerprint density at radius 2 is 1.44 bits per heavy atom. The van der Waals surface area contributed by atoms with E-state index in [9.17, 15) is 0 Å². The highest BCUT2D eigenvalue weighted by Crippen LogP contribution is 2.40. The molecule has 0 unspecified atom stereocenters. The number of rotatable bonds is 7. The first kappa shape index (κ1) is 18.2. The zero-order valence-corrected chi connectivity index (χ0v) is 16.8. The molecule has 1 atom stereocenters. The van der Waals surface area contributed by atoms with E-state index in [1.807, 2.05) is 0 Å². The molecule has 1 saturated carbocycles. The van der Waals surface area contributed by atoms with E-state index in [0.717, 1.165) is 18.9 Å². The number of hydrogen-bond acceptors (Lipinski definition) is 1. The van der Waals surface area contributed by atoms with Crippen molar-refractivity contribution in [2.75, 3.05) is 6.61 Å². The first-order chi connectivity index (χ1) is 11.9. The highest BCUT2D eigenvalue weighted by molar-refractivity contribution is 6.99. The van der Waals surface area contributed by atoms with Crippen molar-refractivity contribution >= 4 is 18.7 Å². The fraction of sp³-hybridized carbons (Fsp3) is 0.391. The SMILES string of the molecule is C=C1C[C@H]1CCCO[Si](c1ccccc1)(c1ccccc1)C(C)(C)C. The van der Waals surface area contributed by atoms with Gasteiger partial charge in [0.2, 0.25) is 0 Å². The Kier molecular flexibility index (Phi) is 5.31. The Bertz CT molecular complexity index is 660. The molecule has 1 aliphatic carbocycles. The number of benzene rings is 2. The van der Waals surface area contributed by atoms with Crippen LogP contribution in [0.1, 0.15) is 40.0 Å². The van der Waals surface area contributed by atoms with Crippen LogP contribution in [0.5, 0.6) is 0 Å². The van der Waals surface area contributed by atoms with Gasteiger partial charge < -0.3 is 4.43 Å². The van der Waals surface area contributed by atoms with E-state index < -0.39 is 8.32 Å². The maximum atomic E-state index is 6.89. The van der Waals surface area contributed by atoms with Crippen molar-refractivity contribution < 1.29 is 4.43 Å². The predicted molar refractivity (Wildman–Crippen MR) is 110 cm³/mol. The fourth-order valence-electron chi connectivity index (χ4n) is 3.88. The minimum absolute atomic E-state index is 0.0683. The molecule has 0 aromatic heterocycles. The van der Waals surface area contributed by atoms with Crippen molar-refractivity contribution in [3.8, 4) is 0 Å². The van der Waals surface area contributed by atoms with E-state index in [2.05, 4.69) is 88.0 Å². The van der Waals surface area contributed by atoms with E-state index in [0.29, 0.717) is 0 Å². The summed E-state index contributed by atoms with van der Waals surface area (Å²) in [6.45, 7) is 11.9. The van der Waals surface area contributed by atoms with Gasteiger partial charge in [0, 0.05) is 6.61 Å². The van der Waals surface area contributed by atoms with Gasteiger partial charge in [-0.2, -0.15) is 0 Å². The van der Waals surface area contributed by atoms with Crippen LogP contribution < -0.4 is 10.4 Å². The maximum absolute atomic E-state index is 6.89. The van der Waals surface area contributed by atoms with Gasteiger partial charge in [-0.25, -0.2) is 0 Å². The second kappa shape index (κ2) is 7.31. The number of allylic oxidation sites excluding steroid dienone is 1. The summed E-state index contributed by atoms with van der Waals surface area (Å²) in [4.78, 5) is 0. The lowest BCUT2D eigenvalue weighted by molar-refractivity contribution is 0.286. The van der Waals surface area contributed by atoms with Crippen molar-refractivity contribution in [3.05, 3.63) is 72.8 Å². The van der Waals surface area contributed by atoms with Gasteiger partial charge in [-0.15, -0.1) is 0 Å². The average Bonchev–Trinajstić information content (AvgIpc) is 3.31. The lowest BCUT2D eigenvalue weighted by Crippen LogP contribution is -2.66. The molecule has 0 radical (unpaired) electrons. The van der Waals surface area contributed by atoms with Crippen LogP contribution in [0.2, 0.25) is 5.04 Å². The molecule has 0 aliphatic heterocycles. The molecule has 2 aromatic carbocycles. The van der Waals surface area contributed by atoms with Crippen LogP contribution in [-0.4, -0.2) is 14.9 Å². The number of hydrogen-bond donors (Lipinski definition) is 0. The van der Waals surface area contributed by atoms with Gasteiger partial charge in [0.1, 0.15) is 0 Å². The van der Waals surface area contributed by atoms with Gasteiger partial charge in [-0.3, -0.25) is 0 Å². The molecule has 2 heteroatoms. The molecular weight excluding hydrogens is 320 g/mol. The van der Waals surface area contributed by atoms with Crippen molar-refractivity contribution in [1.82, 2.24) is 0 Å². The minimum atomic E-state index is -2.34. The van der Waals surface area contributed by atoms with E-state index in [-0.39, 0.29) is 5.04 Å². The van der Waals surface area contributed by atoms with Gasteiger partial charge in [0.15, 0.2) is 0 Å². The van der Waals surface area contributed by atoms with E-state index >= 15 is 0 Å². The van der Waals surface area contributed by atoms with Crippen molar-refractivity contribution in [1.29, 1.82) is 0 Å². The lowest BCUT2D eigenvalue weighted by atomic mass is 10.2. The van der Waals surface area contributed by atoms with Crippen LogP contribution in [0.4, 0.5) is 0 Å². The summed E-state index contributed by atoms with van der Waals surface area (Å²) >= 11 is 0. The third-order valence-corrected chi connectivity index (χ3v) is 10.4. The van der Waals surface area contributed by atoms with E-state index in [1.54, 1.807) is 0 Å². The highest BCUT2D eigenvalue weighted by Gasteiger charge is 2.49. The Hall–Kier alpha value is -1.64. The molecule has 0 N–H and O–H groups in total. The second-order valence-electron chi connectivity index (χ2n) is 8.21. The molecule has 132 valence electrons. The minimum Gasteiger partial charge on any atom is -0.407 e. The molecule has 1 aliphatic rings. The Labute approximate surface area is 153 Å². The van der Waals surface area contributed by atoms with Crippen molar-refractivity contribution in [3.63, 3.8) is 0 Å². The van der Waals surface area contributed by atoms with Gasteiger partial charge in [-0.1, -0.05) is 93.6 Å². The van der Waals surface area contributed by atoms with Crippen LogP contribution >= 0.6 is 0 Å². The standard InChI is InChI=1S/C23H30OSi/c1-19-18-20(19)12-11-17-24-25(23(2,3)4,21-13-7-5-8-14-21)22-15-9-6-10-16-22/h5-10,13-16,20H,1,11-12,17-18H2,2-4H3/t20-/m1/s1. The molecule has 25 heavy (non-hydrogen) atoms. The highest BCUT2D eigenvalue weighted by atomic mass is 28.4. The Balaban J connectivity index is 1.92. The lowest BCUT2D eigenvalue weighted by Gasteiger charge is -2.43. The third kappa shape index (κ3) is 3.80. The van der Waals surface area contributed by atoms with Gasteiger partial charge in [-0.05, 0) is 40.6 Å². The fourth-order valence-corrected chi connectivity index (χ4v) is 8.49. The van der Waals surface area contributed by atoms with Crippen molar-refractivity contribution in [2.24, 2.45) is 5.92 Å². The van der Waals surface area contributed by atoms with Gasteiger partial charge in [0.05, 0.1) is 0 Å². The monoisotopic (exact) mass is 350 g/mol. The quantitative estimate of drug-likeness (QED) is 0.391. The van der Waals surface area contributed by atoms with Crippen molar-refractivity contribution in [2.45, 2.75) is 45.1 Å². The first-order valence-corrected chi connectivity index (χ1v) is 11.3. The summed E-state index contributed by atoms with van der Waals surface area (Å²) in [7, 11) is -2.34. The molecule has 2 aromatic rings. The summed E-state index contributed by atoms with van der Waals surface area (Å²) in [5.74, 6) is 0.753. The molecule has 0 amide bonds. The summed E-state index contributed by atoms with van der Waals surface area (Å²) in [6, 6.07) is 21.8. The molecule has 1 fully saturated rings. The molecule has 0 bridgehead atoms. The topological polar surface area (TPSA) is 9.23 Å². The van der Waals surface area contributed by atoms with Crippen LogP contribution in [0.25, 0.3) is 0 Å². The predicted octanol–water partition coefficient (Wildman–Crippen LogP) is 4.92. The molecule has 0 saturated heterocycles. The summed E-state index contributed by atoms with van der Waals surface area (Å²) in [5, 5.41) is 2.80. The molecule has 3 rings (SSSR count). The molecule has 0 spiro atoms. The molecule has 0 heterocycles. The summed E-state index contributed by atoms with van der Waals surface area (Å²) < 4.78 is 6.89. The van der Waals surface area contributed by atoms with Crippen LogP contribution in [0, 0.1) is 5.92 Å². The maximum Gasteiger partial charge on any atom is 0.261 e. The van der Waals surface area contributed by atoms with E-state index in [1.165, 1.54) is 28.8 Å². The largest absolute Gasteiger partial charge is 0.407 e. The second-order valence-corrected chi connectivity index (χ2v) is 12.5. The molecular formula is C23H30OSi. The van der Waals surface area contributed by atoms with Gasteiger partial charge in [0.25, 0.3) is 8.32 Å². The zero-order chi connectivity index (χ0) is 17.9.